The highest BCUT2D eigenvalue weighted by Crippen LogP contribution is 2.36. The highest BCUT2D eigenvalue weighted by atomic mass is 15.1. The van der Waals surface area contributed by atoms with Crippen molar-refractivity contribution in [1.82, 2.24) is 10.2 Å². The topological polar surface area (TPSA) is 53.4 Å². The van der Waals surface area contributed by atoms with Crippen LogP contribution in [0, 0.1) is 0 Å². The van der Waals surface area contributed by atoms with E-state index < -0.39 is 0 Å². The summed E-state index contributed by atoms with van der Waals surface area (Å²) in [5.41, 5.74) is 4.21. The molecule has 0 fully saturated rings. The minimum absolute atomic E-state index is 0.692. The Bertz CT molecular complexity index is 485. The number of azo groups is 1. The Hall–Kier alpha value is -1.97. The number of benzene rings is 1. The number of hydrogen-bond donors (Lipinski definition) is 1. The zero-order valence-electron chi connectivity index (χ0n) is 7.44. The normalized spacial score (nSPS) is 13.1. The van der Waals surface area contributed by atoms with Crippen molar-refractivity contribution in [3.8, 4) is 11.3 Å². The standard InChI is InChI=1S/C10H8N4/c1-2-7-6-12-14-10(7)8(3-1)9-4-5-11-13-9/h1-5H,6H2,(H,11,13). The van der Waals surface area contributed by atoms with Crippen LogP contribution in [-0.4, -0.2) is 10.2 Å². The van der Waals surface area contributed by atoms with Gasteiger partial charge in [0.25, 0.3) is 0 Å². The lowest BCUT2D eigenvalue weighted by Gasteiger charge is -2.01. The molecule has 14 heavy (non-hydrogen) atoms. The van der Waals surface area contributed by atoms with Gasteiger partial charge in [0.1, 0.15) is 0 Å². The van der Waals surface area contributed by atoms with Gasteiger partial charge in [0.2, 0.25) is 0 Å². The molecule has 1 aromatic carbocycles. The second-order valence-corrected chi connectivity index (χ2v) is 3.18. The van der Waals surface area contributed by atoms with Crippen LogP contribution in [0.25, 0.3) is 11.3 Å². The molecule has 1 N–H and O–H groups in total. The fourth-order valence-electron chi connectivity index (χ4n) is 1.64. The van der Waals surface area contributed by atoms with E-state index in [2.05, 4.69) is 26.5 Å². The van der Waals surface area contributed by atoms with E-state index in [9.17, 15) is 0 Å². The molecule has 2 aromatic rings. The van der Waals surface area contributed by atoms with E-state index in [0.717, 1.165) is 16.9 Å². The van der Waals surface area contributed by atoms with Crippen molar-refractivity contribution in [2.75, 3.05) is 0 Å². The van der Waals surface area contributed by atoms with Crippen molar-refractivity contribution in [2.45, 2.75) is 6.54 Å². The highest BCUT2D eigenvalue weighted by molar-refractivity contribution is 5.76. The van der Waals surface area contributed by atoms with E-state index in [1.54, 1.807) is 6.20 Å². The third kappa shape index (κ3) is 0.970. The monoisotopic (exact) mass is 184 g/mol. The second kappa shape index (κ2) is 2.77. The molecule has 0 radical (unpaired) electrons. The second-order valence-electron chi connectivity index (χ2n) is 3.18. The summed E-state index contributed by atoms with van der Waals surface area (Å²) in [6.45, 7) is 0.692. The van der Waals surface area contributed by atoms with Crippen molar-refractivity contribution in [3.05, 3.63) is 36.0 Å². The summed E-state index contributed by atoms with van der Waals surface area (Å²) in [5.74, 6) is 0. The Labute approximate surface area is 80.7 Å². The maximum Gasteiger partial charge on any atom is 0.0997 e. The largest absolute Gasteiger partial charge is 0.278 e. The average Bonchev–Trinajstić information content (AvgIpc) is 2.88. The number of hydrogen-bond acceptors (Lipinski definition) is 3. The van der Waals surface area contributed by atoms with Gasteiger partial charge in [0.15, 0.2) is 0 Å². The molecule has 1 aliphatic heterocycles. The maximum absolute atomic E-state index is 4.13. The number of fused-ring (bicyclic) bond motifs is 1. The van der Waals surface area contributed by atoms with Crippen LogP contribution >= 0.6 is 0 Å². The Kier molecular flexibility index (Phi) is 1.47. The van der Waals surface area contributed by atoms with Crippen LogP contribution in [0.2, 0.25) is 0 Å². The summed E-state index contributed by atoms with van der Waals surface area (Å²) in [4.78, 5) is 0. The van der Waals surface area contributed by atoms with Gasteiger partial charge in [-0.25, -0.2) is 0 Å². The van der Waals surface area contributed by atoms with E-state index in [1.165, 1.54) is 5.56 Å². The van der Waals surface area contributed by atoms with Crippen LogP contribution in [0.1, 0.15) is 5.56 Å². The number of nitrogens with zero attached hydrogens (tertiary/aromatic N) is 3. The Morgan fingerprint density at radius 3 is 3.07 bits per heavy atom. The predicted octanol–water partition coefficient (Wildman–Crippen LogP) is 2.67. The molecule has 4 nitrogen and oxygen atoms in total. The van der Waals surface area contributed by atoms with Crippen molar-refractivity contribution < 1.29 is 0 Å². The number of H-pyrrole nitrogens is 1. The van der Waals surface area contributed by atoms with Crippen LogP contribution < -0.4 is 0 Å². The molecule has 68 valence electrons. The molecular weight excluding hydrogens is 176 g/mol. The lowest BCUT2D eigenvalue weighted by molar-refractivity contribution is 1.04. The van der Waals surface area contributed by atoms with Gasteiger partial charge in [-0.2, -0.15) is 15.3 Å². The van der Waals surface area contributed by atoms with Gasteiger partial charge in [0.05, 0.1) is 17.9 Å². The first kappa shape index (κ1) is 7.44. The van der Waals surface area contributed by atoms with Crippen molar-refractivity contribution in [1.29, 1.82) is 0 Å². The summed E-state index contributed by atoms with van der Waals surface area (Å²) < 4.78 is 0. The molecule has 0 saturated carbocycles. The predicted molar refractivity (Wildman–Crippen MR) is 52.2 cm³/mol. The maximum atomic E-state index is 4.13. The summed E-state index contributed by atoms with van der Waals surface area (Å²) in [6.07, 6.45) is 1.74. The third-order valence-corrected chi connectivity index (χ3v) is 2.32. The number of rotatable bonds is 1. The van der Waals surface area contributed by atoms with Crippen molar-refractivity contribution >= 4 is 5.69 Å². The van der Waals surface area contributed by atoms with E-state index in [4.69, 9.17) is 0 Å². The van der Waals surface area contributed by atoms with Crippen LogP contribution in [-0.2, 0) is 6.54 Å². The van der Waals surface area contributed by atoms with Crippen molar-refractivity contribution in [3.63, 3.8) is 0 Å². The first-order valence-corrected chi connectivity index (χ1v) is 4.44. The summed E-state index contributed by atoms with van der Waals surface area (Å²) in [5, 5.41) is 15.0. The number of aromatic amines is 1. The molecule has 0 spiro atoms. The minimum Gasteiger partial charge on any atom is -0.278 e. The minimum atomic E-state index is 0.692. The van der Waals surface area contributed by atoms with Gasteiger partial charge in [-0.1, -0.05) is 18.2 Å². The smallest absolute Gasteiger partial charge is 0.0997 e. The van der Waals surface area contributed by atoms with Gasteiger partial charge in [-0.05, 0) is 6.07 Å². The summed E-state index contributed by atoms with van der Waals surface area (Å²) in [7, 11) is 0. The molecule has 1 aliphatic rings. The molecule has 0 saturated heterocycles. The fourth-order valence-corrected chi connectivity index (χ4v) is 1.64. The van der Waals surface area contributed by atoms with Crippen LogP contribution in [0.4, 0.5) is 5.69 Å². The van der Waals surface area contributed by atoms with Crippen LogP contribution in [0.3, 0.4) is 0 Å². The van der Waals surface area contributed by atoms with Gasteiger partial charge < -0.3 is 0 Å². The molecule has 3 rings (SSSR count). The molecule has 0 atom stereocenters. The fraction of sp³-hybridized carbons (Fsp3) is 0.100. The number of nitrogens with one attached hydrogen (secondary N) is 1. The molecule has 0 aliphatic carbocycles. The van der Waals surface area contributed by atoms with Gasteiger partial charge >= 0.3 is 0 Å². The lowest BCUT2D eigenvalue weighted by atomic mass is 10.1. The Morgan fingerprint density at radius 2 is 2.21 bits per heavy atom. The first-order valence-electron chi connectivity index (χ1n) is 4.44. The zero-order valence-corrected chi connectivity index (χ0v) is 7.44. The summed E-state index contributed by atoms with van der Waals surface area (Å²) in [6, 6.07) is 8.03. The molecular formula is C10H8N4. The molecule has 0 amide bonds. The molecule has 0 unspecified atom stereocenters. The lowest BCUT2D eigenvalue weighted by Crippen LogP contribution is -1.82. The highest BCUT2D eigenvalue weighted by Gasteiger charge is 2.13. The van der Waals surface area contributed by atoms with E-state index >= 15 is 0 Å². The van der Waals surface area contributed by atoms with Crippen molar-refractivity contribution in [2.24, 2.45) is 10.2 Å². The molecule has 4 heteroatoms. The number of aromatic nitrogens is 2. The Balaban J connectivity index is 2.24. The molecule has 1 aromatic heterocycles. The van der Waals surface area contributed by atoms with Gasteiger partial charge in [-0.3, -0.25) is 5.10 Å². The summed E-state index contributed by atoms with van der Waals surface area (Å²) >= 11 is 0. The van der Waals surface area contributed by atoms with E-state index in [1.807, 2.05) is 18.2 Å². The SMILES string of the molecule is c1cc2c(c(-c3ccn[nH]3)c1)N=NC2. The molecule has 0 bridgehead atoms. The molecule has 2 heterocycles. The van der Waals surface area contributed by atoms with Crippen LogP contribution in [0.5, 0.6) is 0 Å². The Morgan fingerprint density at radius 1 is 1.21 bits per heavy atom. The average molecular weight is 184 g/mol. The first-order chi connectivity index (χ1) is 6.95. The zero-order chi connectivity index (χ0) is 9.38. The quantitative estimate of drug-likeness (QED) is 0.727. The van der Waals surface area contributed by atoms with Gasteiger partial charge in [-0.15, -0.1) is 0 Å². The van der Waals surface area contributed by atoms with E-state index in [0.29, 0.717) is 6.54 Å². The van der Waals surface area contributed by atoms with Gasteiger partial charge in [0, 0.05) is 17.3 Å². The third-order valence-electron chi connectivity index (χ3n) is 2.32. The van der Waals surface area contributed by atoms with E-state index in [-0.39, 0.29) is 0 Å². The van der Waals surface area contributed by atoms with Crippen LogP contribution in [0.15, 0.2) is 40.7 Å².